The number of unbranched alkanes of at least 4 members (excludes halogenated alkanes) is 1. The molecule has 5 nitrogen and oxygen atoms in total. The van der Waals surface area contributed by atoms with E-state index in [2.05, 4.69) is 12.2 Å². The average molecular weight is 397 g/mol. The maximum Gasteiger partial charge on any atom is 0.281 e. The van der Waals surface area contributed by atoms with E-state index in [1.807, 2.05) is 49.4 Å². The van der Waals surface area contributed by atoms with Crippen LogP contribution in [0.1, 0.15) is 30.9 Å². The van der Waals surface area contributed by atoms with Gasteiger partial charge in [-0.05, 0) is 67.0 Å². The molecule has 1 N–H and O–H groups in total. The van der Waals surface area contributed by atoms with Crippen LogP contribution in [0, 0.1) is 6.92 Å². The predicted molar refractivity (Wildman–Crippen MR) is 116 cm³/mol. The lowest BCUT2D eigenvalue weighted by Crippen LogP contribution is -2.30. The van der Waals surface area contributed by atoms with Crippen LogP contribution in [-0.2, 0) is 4.79 Å². The first-order chi connectivity index (χ1) is 13.5. The zero-order valence-corrected chi connectivity index (χ0v) is 17.1. The van der Waals surface area contributed by atoms with Gasteiger partial charge in [-0.2, -0.15) is 0 Å². The van der Waals surface area contributed by atoms with Gasteiger partial charge in [-0.15, -0.1) is 0 Å². The topological polar surface area (TPSA) is 50.8 Å². The molecule has 0 atom stereocenters. The van der Waals surface area contributed by atoms with Crippen LogP contribution in [0.3, 0.4) is 0 Å². The molecule has 2 aromatic carbocycles. The molecule has 0 spiro atoms. The molecule has 1 heterocycles. The van der Waals surface area contributed by atoms with E-state index in [0.717, 1.165) is 29.7 Å². The second-order valence-corrected chi connectivity index (χ2v) is 6.97. The van der Waals surface area contributed by atoms with E-state index in [1.165, 1.54) is 4.90 Å². The van der Waals surface area contributed by atoms with Gasteiger partial charge in [0.1, 0.15) is 5.70 Å². The second-order valence-electron chi connectivity index (χ2n) is 6.58. The molecule has 146 valence electrons. The summed E-state index contributed by atoms with van der Waals surface area (Å²) in [6, 6.07) is 13.3. The summed E-state index contributed by atoms with van der Waals surface area (Å²) in [6.07, 6.45) is 3.79. The summed E-state index contributed by atoms with van der Waals surface area (Å²) < 4.78 is 11.2. The zero-order valence-electron chi connectivity index (χ0n) is 16.3. The number of anilines is 1. The first-order valence-corrected chi connectivity index (χ1v) is 9.69. The van der Waals surface area contributed by atoms with Crippen molar-refractivity contribution in [2.45, 2.75) is 26.7 Å². The monoisotopic (exact) mass is 396 g/mol. The molecule has 3 rings (SSSR count). The lowest BCUT2D eigenvalue weighted by Gasteiger charge is -2.14. The molecule has 0 aromatic heterocycles. The van der Waals surface area contributed by atoms with Gasteiger partial charge in [-0.1, -0.05) is 31.5 Å². The molecule has 6 heteroatoms. The lowest BCUT2D eigenvalue weighted by atomic mass is 10.1. The maximum absolute atomic E-state index is 12.9. The van der Waals surface area contributed by atoms with E-state index in [-0.39, 0.29) is 5.91 Å². The number of ether oxygens (including phenoxy) is 2. The number of carbonyl (C=O) groups is 1. The second kappa shape index (κ2) is 8.89. The SMILES string of the molecule is CCCCOc1cc(/C=C2\NC(=S)N(c3cccc(C)c3)C2=O)ccc1OC. The summed E-state index contributed by atoms with van der Waals surface area (Å²) in [6.45, 7) is 4.71. The Labute approximate surface area is 170 Å². The van der Waals surface area contributed by atoms with Crippen molar-refractivity contribution in [3.05, 3.63) is 59.3 Å². The Kier molecular flexibility index (Phi) is 6.31. The molecule has 1 amide bonds. The Balaban J connectivity index is 1.86. The highest BCUT2D eigenvalue weighted by Gasteiger charge is 2.32. The summed E-state index contributed by atoms with van der Waals surface area (Å²) >= 11 is 5.38. The summed E-state index contributed by atoms with van der Waals surface area (Å²) in [5, 5.41) is 3.39. The zero-order chi connectivity index (χ0) is 20.1. The smallest absolute Gasteiger partial charge is 0.281 e. The quantitative estimate of drug-likeness (QED) is 0.426. The van der Waals surface area contributed by atoms with E-state index in [1.54, 1.807) is 13.2 Å². The summed E-state index contributed by atoms with van der Waals surface area (Å²) in [7, 11) is 1.61. The first kappa shape index (κ1) is 19.9. The van der Waals surface area contributed by atoms with Crippen LogP contribution in [0.5, 0.6) is 11.5 Å². The van der Waals surface area contributed by atoms with E-state index in [0.29, 0.717) is 28.9 Å². The van der Waals surface area contributed by atoms with Gasteiger partial charge in [0.05, 0.1) is 19.4 Å². The van der Waals surface area contributed by atoms with E-state index >= 15 is 0 Å². The van der Waals surface area contributed by atoms with Crippen molar-refractivity contribution in [3.8, 4) is 11.5 Å². The minimum atomic E-state index is -0.181. The number of amides is 1. The fraction of sp³-hybridized carbons (Fsp3) is 0.273. The highest BCUT2D eigenvalue weighted by Crippen LogP contribution is 2.30. The van der Waals surface area contributed by atoms with Crippen LogP contribution in [0.4, 0.5) is 5.69 Å². The van der Waals surface area contributed by atoms with Gasteiger partial charge in [-0.25, -0.2) is 0 Å². The Morgan fingerprint density at radius 2 is 2.00 bits per heavy atom. The van der Waals surface area contributed by atoms with Gasteiger partial charge in [0.15, 0.2) is 16.6 Å². The van der Waals surface area contributed by atoms with Crippen molar-refractivity contribution >= 4 is 35.0 Å². The van der Waals surface area contributed by atoms with Crippen LogP contribution in [0.2, 0.25) is 0 Å². The fourth-order valence-electron chi connectivity index (χ4n) is 2.93. The number of nitrogens with one attached hydrogen (secondary N) is 1. The molecular weight excluding hydrogens is 372 g/mol. The van der Waals surface area contributed by atoms with Crippen molar-refractivity contribution in [3.63, 3.8) is 0 Å². The number of thiocarbonyl (C=S) groups is 1. The Morgan fingerprint density at radius 1 is 1.18 bits per heavy atom. The molecule has 1 fully saturated rings. The van der Waals surface area contributed by atoms with Crippen molar-refractivity contribution < 1.29 is 14.3 Å². The predicted octanol–water partition coefficient (Wildman–Crippen LogP) is 4.44. The van der Waals surface area contributed by atoms with Crippen LogP contribution in [0.25, 0.3) is 6.08 Å². The maximum atomic E-state index is 12.9. The van der Waals surface area contributed by atoms with Gasteiger partial charge < -0.3 is 14.8 Å². The molecule has 2 aromatic rings. The molecular formula is C22H24N2O3S. The number of carbonyl (C=O) groups excluding carboxylic acids is 1. The van der Waals surface area contributed by atoms with Crippen molar-refractivity contribution in [2.75, 3.05) is 18.6 Å². The number of methoxy groups -OCH3 is 1. The average Bonchev–Trinajstić information content (AvgIpc) is 2.95. The number of aryl methyl sites for hydroxylation is 1. The highest BCUT2D eigenvalue weighted by molar-refractivity contribution is 7.80. The van der Waals surface area contributed by atoms with Gasteiger partial charge >= 0.3 is 0 Å². The molecule has 28 heavy (non-hydrogen) atoms. The first-order valence-electron chi connectivity index (χ1n) is 9.28. The van der Waals surface area contributed by atoms with E-state index in [9.17, 15) is 4.79 Å². The number of hydrogen-bond donors (Lipinski definition) is 1. The third-order valence-corrected chi connectivity index (χ3v) is 4.68. The number of rotatable bonds is 7. The third kappa shape index (κ3) is 4.34. The standard InChI is InChI=1S/C22H24N2O3S/c1-4-5-11-27-20-14-16(9-10-19(20)26-3)13-18-21(25)24(22(28)23-18)17-8-6-7-15(2)12-17/h6-10,12-14H,4-5,11H2,1-3H3,(H,23,28)/b18-13-. The minimum Gasteiger partial charge on any atom is -0.493 e. The lowest BCUT2D eigenvalue weighted by molar-refractivity contribution is -0.113. The highest BCUT2D eigenvalue weighted by atomic mass is 32.1. The summed E-state index contributed by atoms with van der Waals surface area (Å²) in [5.74, 6) is 1.15. The molecule has 1 aliphatic heterocycles. The fourth-order valence-corrected chi connectivity index (χ4v) is 3.22. The van der Waals surface area contributed by atoms with Gasteiger partial charge in [0.2, 0.25) is 0 Å². The minimum absolute atomic E-state index is 0.181. The number of nitrogens with zero attached hydrogens (tertiary/aromatic N) is 1. The Bertz CT molecular complexity index is 924. The van der Waals surface area contributed by atoms with Crippen molar-refractivity contribution in [1.82, 2.24) is 5.32 Å². The Hall–Kier alpha value is -2.86. The Morgan fingerprint density at radius 3 is 2.71 bits per heavy atom. The van der Waals surface area contributed by atoms with Crippen LogP contribution in [0.15, 0.2) is 48.2 Å². The number of benzene rings is 2. The van der Waals surface area contributed by atoms with E-state index in [4.69, 9.17) is 21.7 Å². The summed E-state index contributed by atoms with van der Waals surface area (Å²) in [4.78, 5) is 14.4. The molecule has 0 aliphatic carbocycles. The van der Waals surface area contributed by atoms with Crippen molar-refractivity contribution in [1.29, 1.82) is 0 Å². The molecule has 1 aliphatic rings. The molecule has 0 saturated carbocycles. The van der Waals surface area contributed by atoms with Crippen LogP contribution < -0.4 is 19.7 Å². The van der Waals surface area contributed by atoms with Gasteiger partial charge in [-0.3, -0.25) is 9.69 Å². The number of hydrogen-bond acceptors (Lipinski definition) is 4. The van der Waals surface area contributed by atoms with Crippen LogP contribution in [-0.4, -0.2) is 24.7 Å². The van der Waals surface area contributed by atoms with Crippen molar-refractivity contribution in [2.24, 2.45) is 0 Å². The van der Waals surface area contributed by atoms with Gasteiger partial charge in [0, 0.05) is 0 Å². The molecule has 0 unspecified atom stereocenters. The molecule has 0 bridgehead atoms. The van der Waals surface area contributed by atoms with E-state index < -0.39 is 0 Å². The largest absolute Gasteiger partial charge is 0.493 e. The van der Waals surface area contributed by atoms with Gasteiger partial charge in [0.25, 0.3) is 5.91 Å². The molecule has 0 radical (unpaired) electrons. The molecule has 1 saturated heterocycles. The normalized spacial score (nSPS) is 15.1. The third-order valence-electron chi connectivity index (χ3n) is 4.39. The van der Waals surface area contributed by atoms with Crippen LogP contribution >= 0.6 is 12.2 Å². The summed E-state index contributed by atoms with van der Waals surface area (Å²) in [5.41, 5.74) is 3.08.